The summed E-state index contributed by atoms with van der Waals surface area (Å²) in [6.07, 6.45) is 0.325. The fourth-order valence-electron chi connectivity index (χ4n) is 3.67. The van der Waals surface area contributed by atoms with Crippen molar-refractivity contribution >= 4 is 11.7 Å². The Kier molecular flexibility index (Phi) is 4.97. The van der Waals surface area contributed by atoms with E-state index in [1.165, 1.54) is 6.07 Å². The zero-order valence-electron chi connectivity index (χ0n) is 16.0. The molecule has 6 heteroatoms. The van der Waals surface area contributed by atoms with Crippen LogP contribution < -0.4 is 4.74 Å². The molecule has 0 N–H and O–H groups in total. The van der Waals surface area contributed by atoms with Crippen LogP contribution in [0.3, 0.4) is 0 Å². The largest absolute Gasteiger partial charge is 0.496 e. The fourth-order valence-corrected chi connectivity index (χ4v) is 3.67. The molecule has 0 aliphatic carbocycles. The summed E-state index contributed by atoms with van der Waals surface area (Å²) in [4.78, 5) is 13.6. The molecular weight excluding hydrogens is 337 g/mol. The molecule has 1 aromatic rings. The van der Waals surface area contributed by atoms with Gasteiger partial charge in [-0.05, 0) is 42.0 Å². The van der Waals surface area contributed by atoms with Crippen molar-refractivity contribution in [2.75, 3.05) is 34.0 Å². The van der Waals surface area contributed by atoms with E-state index in [4.69, 9.17) is 14.2 Å². The summed E-state index contributed by atoms with van der Waals surface area (Å²) in [5.74, 6) is 0.286. The van der Waals surface area contributed by atoms with Crippen molar-refractivity contribution in [3.05, 3.63) is 34.6 Å². The SMILES string of the molecule is COc1cc(F)c(C(C)C)cc1C1=C(C2(C)COC(=O)N2C)COCC1. The molecule has 2 aliphatic heterocycles. The van der Waals surface area contributed by atoms with Crippen LogP contribution in [0.4, 0.5) is 9.18 Å². The standard InChI is InChI=1S/C20H26FNO4/c1-12(2)14-8-15(18(24-5)9-17(14)21)13-6-7-25-10-16(13)20(3)11-26-19(23)22(20)4/h8-9,12H,6-7,10-11H2,1-5H3. The molecule has 2 aliphatic rings. The highest BCUT2D eigenvalue weighted by atomic mass is 19.1. The predicted octanol–water partition coefficient (Wildman–Crippen LogP) is 3.97. The monoisotopic (exact) mass is 363 g/mol. The number of nitrogens with zero attached hydrogens (tertiary/aromatic N) is 1. The van der Waals surface area contributed by atoms with Crippen LogP contribution in [0.15, 0.2) is 17.7 Å². The highest BCUT2D eigenvalue weighted by Gasteiger charge is 2.46. The number of amides is 1. The number of halogens is 1. The summed E-state index contributed by atoms with van der Waals surface area (Å²) in [6.45, 7) is 7.15. The average molecular weight is 363 g/mol. The lowest BCUT2D eigenvalue weighted by molar-refractivity contribution is 0.128. The molecule has 0 radical (unpaired) electrons. The lowest BCUT2D eigenvalue weighted by Gasteiger charge is -2.36. The fraction of sp³-hybridized carbons (Fsp3) is 0.550. The van der Waals surface area contributed by atoms with Crippen molar-refractivity contribution in [3.63, 3.8) is 0 Å². The van der Waals surface area contributed by atoms with Crippen LogP contribution in [0.2, 0.25) is 0 Å². The first-order valence-corrected chi connectivity index (χ1v) is 8.88. The zero-order valence-corrected chi connectivity index (χ0v) is 16.0. The molecule has 26 heavy (non-hydrogen) atoms. The van der Waals surface area contributed by atoms with Crippen molar-refractivity contribution in [2.24, 2.45) is 0 Å². The molecule has 1 atom stereocenters. The van der Waals surface area contributed by atoms with Crippen LogP contribution in [0, 0.1) is 5.82 Å². The maximum Gasteiger partial charge on any atom is 0.410 e. The Hall–Kier alpha value is -2.08. The van der Waals surface area contributed by atoms with E-state index in [2.05, 4.69) is 0 Å². The van der Waals surface area contributed by atoms with Gasteiger partial charge >= 0.3 is 6.09 Å². The number of hydrogen-bond acceptors (Lipinski definition) is 4. The molecule has 1 saturated heterocycles. The Morgan fingerprint density at radius 2 is 2.08 bits per heavy atom. The molecule has 0 bridgehead atoms. The lowest BCUT2D eigenvalue weighted by atomic mass is 9.82. The van der Waals surface area contributed by atoms with Crippen LogP contribution in [0.1, 0.15) is 44.2 Å². The molecule has 5 nitrogen and oxygen atoms in total. The number of carbonyl (C=O) groups is 1. The van der Waals surface area contributed by atoms with Crippen LogP contribution >= 0.6 is 0 Å². The van der Waals surface area contributed by atoms with E-state index >= 15 is 0 Å². The van der Waals surface area contributed by atoms with Crippen LogP contribution in [0.25, 0.3) is 5.57 Å². The van der Waals surface area contributed by atoms with Crippen LogP contribution in [0.5, 0.6) is 5.75 Å². The van der Waals surface area contributed by atoms with Gasteiger partial charge in [-0.1, -0.05) is 13.8 Å². The van der Waals surface area contributed by atoms with Crippen molar-refractivity contribution in [3.8, 4) is 5.75 Å². The highest BCUT2D eigenvalue weighted by molar-refractivity contribution is 5.79. The molecular formula is C20H26FNO4. The number of ether oxygens (including phenoxy) is 3. The second-order valence-electron chi connectivity index (χ2n) is 7.38. The number of carbonyl (C=O) groups excluding carboxylic acids is 1. The van der Waals surface area contributed by atoms with Gasteiger partial charge in [0, 0.05) is 18.7 Å². The first-order chi connectivity index (χ1) is 12.3. The van der Waals surface area contributed by atoms with Crippen LogP contribution in [-0.2, 0) is 9.47 Å². The van der Waals surface area contributed by atoms with E-state index in [1.54, 1.807) is 19.1 Å². The molecule has 1 unspecified atom stereocenters. The predicted molar refractivity (Wildman–Crippen MR) is 96.9 cm³/mol. The third-order valence-electron chi connectivity index (χ3n) is 5.51. The summed E-state index contributed by atoms with van der Waals surface area (Å²) in [6, 6.07) is 3.33. The molecule has 1 aromatic carbocycles. The van der Waals surface area contributed by atoms with Crippen molar-refractivity contribution < 1.29 is 23.4 Å². The van der Waals surface area contributed by atoms with Gasteiger partial charge in [-0.2, -0.15) is 0 Å². The summed E-state index contributed by atoms with van der Waals surface area (Å²) in [7, 11) is 3.28. The quantitative estimate of drug-likeness (QED) is 0.812. The Bertz CT molecular complexity index is 758. The van der Waals surface area contributed by atoms with Crippen LogP contribution in [-0.4, -0.2) is 50.5 Å². The maximum absolute atomic E-state index is 14.4. The number of likely N-dealkylation sites (N-methyl/N-ethyl adjacent to an activating group) is 1. The van der Waals surface area contributed by atoms with Gasteiger partial charge in [0.05, 0.1) is 20.3 Å². The minimum atomic E-state index is -0.593. The topological polar surface area (TPSA) is 48.0 Å². The smallest absolute Gasteiger partial charge is 0.410 e. The van der Waals surface area contributed by atoms with Gasteiger partial charge in [-0.25, -0.2) is 9.18 Å². The molecule has 1 fully saturated rings. The molecule has 0 spiro atoms. The van der Waals surface area contributed by atoms with E-state index in [9.17, 15) is 9.18 Å². The Balaban J connectivity index is 2.20. The molecule has 142 valence electrons. The molecule has 1 amide bonds. The van der Waals surface area contributed by atoms with Crippen molar-refractivity contribution in [1.82, 2.24) is 4.90 Å². The maximum atomic E-state index is 14.4. The van der Waals surface area contributed by atoms with E-state index in [-0.39, 0.29) is 24.4 Å². The number of benzene rings is 1. The Labute approximate surface area is 153 Å². The van der Waals surface area contributed by atoms with Gasteiger partial charge in [0.1, 0.15) is 23.7 Å². The van der Waals surface area contributed by atoms with E-state index in [0.29, 0.717) is 30.9 Å². The first kappa shape index (κ1) is 18.7. The summed E-state index contributed by atoms with van der Waals surface area (Å²) in [5, 5.41) is 0. The Morgan fingerprint density at radius 3 is 2.65 bits per heavy atom. The van der Waals surface area contributed by atoms with Crippen molar-refractivity contribution in [1.29, 1.82) is 0 Å². The summed E-state index contributed by atoms with van der Waals surface area (Å²) < 4.78 is 30.9. The minimum Gasteiger partial charge on any atom is -0.496 e. The highest BCUT2D eigenvalue weighted by Crippen LogP contribution is 2.42. The van der Waals surface area contributed by atoms with Gasteiger partial charge < -0.3 is 14.2 Å². The molecule has 3 rings (SSSR count). The van der Waals surface area contributed by atoms with E-state index < -0.39 is 5.54 Å². The second-order valence-corrected chi connectivity index (χ2v) is 7.38. The zero-order chi connectivity index (χ0) is 19.1. The number of hydrogen-bond donors (Lipinski definition) is 0. The number of rotatable bonds is 4. The second kappa shape index (κ2) is 6.91. The van der Waals surface area contributed by atoms with Gasteiger partial charge in [0.25, 0.3) is 0 Å². The Morgan fingerprint density at radius 1 is 1.35 bits per heavy atom. The third kappa shape index (κ3) is 2.96. The lowest BCUT2D eigenvalue weighted by Crippen LogP contribution is -2.46. The van der Waals surface area contributed by atoms with E-state index in [0.717, 1.165) is 16.7 Å². The minimum absolute atomic E-state index is 0.0539. The molecule has 0 saturated carbocycles. The van der Waals surface area contributed by atoms with Gasteiger partial charge in [-0.3, -0.25) is 4.90 Å². The molecule has 2 heterocycles. The molecule has 0 aromatic heterocycles. The summed E-state index contributed by atoms with van der Waals surface area (Å²) >= 11 is 0. The number of methoxy groups -OCH3 is 1. The van der Waals surface area contributed by atoms with Gasteiger partial charge in [0.2, 0.25) is 0 Å². The van der Waals surface area contributed by atoms with Gasteiger partial charge in [0.15, 0.2) is 0 Å². The first-order valence-electron chi connectivity index (χ1n) is 8.88. The third-order valence-corrected chi connectivity index (χ3v) is 5.51. The van der Waals surface area contributed by atoms with E-state index in [1.807, 2.05) is 26.8 Å². The average Bonchev–Trinajstić information content (AvgIpc) is 2.89. The normalized spacial score (nSPS) is 23.7. The van der Waals surface area contributed by atoms with Crippen molar-refractivity contribution in [2.45, 2.75) is 38.6 Å². The van der Waals surface area contributed by atoms with Gasteiger partial charge in [-0.15, -0.1) is 0 Å². The summed E-state index contributed by atoms with van der Waals surface area (Å²) in [5.41, 5.74) is 2.95. The number of cyclic esters (lactones) is 1.